The summed E-state index contributed by atoms with van der Waals surface area (Å²) in [6.45, 7) is 2.56. The third kappa shape index (κ3) is 6.01. The van der Waals surface area contributed by atoms with Crippen LogP contribution in [0.2, 0.25) is 0 Å². The van der Waals surface area contributed by atoms with E-state index in [0.717, 1.165) is 11.4 Å². The molecule has 172 valence electrons. The molecule has 0 aliphatic carbocycles. The molecule has 0 radical (unpaired) electrons. The van der Waals surface area contributed by atoms with Gasteiger partial charge in [0.05, 0.1) is 18.8 Å². The first-order valence-electron chi connectivity index (χ1n) is 10.9. The average Bonchev–Trinajstić information content (AvgIpc) is 3.34. The second kappa shape index (κ2) is 10.8. The Morgan fingerprint density at radius 3 is 2.24 bits per heavy atom. The van der Waals surface area contributed by atoms with Gasteiger partial charge in [-0.15, -0.1) is 0 Å². The lowest BCUT2D eigenvalue weighted by Crippen LogP contribution is -2.22. The third-order valence-corrected chi connectivity index (χ3v) is 4.89. The van der Waals surface area contributed by atoms with Crippen LogP contribution in [-0.2, 0) is 4.79 Å². The van der Waals surface area contributed by atoms with Crippen LogP contribution in [0.3, 0.4) is 0 Å². The molecule has 4 aromatic rings. The summed E-state index contributed by atoms with van der Waals surface area (Å²) in [5.41, 5.74) is 2.69. The molecule has 3 N–H and O–H groups in total. The molecule has 1 heterocycles. The molecular formula is C26H25N5O3. The normalized spacial score (nSPS) is 10.4. The highest BCUT2D eigenvalue weighted by Gasteiger charge is 2.08. The molecular weight excluding hydrogens is 430 g/mol. The Bertz CT molecular complexity index is 1240. The molecule has 0 spiro atoms. The van der Waals surface area contributed by atoms with E-state index in [4.69, 9.17) is 4.74 Å². The molecule has 4 rings (SSSR count). The first-order chi connectivity index (χ1) is 16.6. The minimum Gasteiger partial charge on any atom is -0.494 e. The third-order valence-electron chi connectivity index (χ3n) is 4.89. The van der Waals surface area contributed by atoms with Crippen LogP contribution in [0, 0.1) is 0 Å². The van der Waals surface area contributed by atoms with Crippen molar-refractivity contribution in [2.75, 3.05) is 29.1 Å². The first-order valence-corrected chi connectivity index (χ1v) is 10.9. The zero-order valence-corrected chi connectivity index (χ0v) is 18.7. The van der Waals surface area contributed by atoms with Crippen LogP contribution >= 0.6 is 0 Å². The van der Waals surface area contributed by atoms with Crippen molar-refractivity contribution in [1.29, 1.82) is 0 Å². The van der Waals surface area contributed by atoms with Gasteiger partial charge in [0, 0.05) is 29.2 Å². The summed E-state index contributed by atoms with van der Waals surface area (Å²) >= 11 is 0. The first kappa shape index (κ1) is 22.6. The average molecular weight is 456 g/mol. The maximum atomic E-state index is 12.5. The van der Waals surface area contributed by atoms with E-state index in [9.17, 15) is 9.59 Å². The molecule has 0 atom stereocenters. The molecule has 0 aliphatic rings. The van der Waals surface area contributed by atoms with Gasteiger partial charge in [0.15, 0.2) is 0 Å². The summed E-state index contributed by atoms with van der Waals surface area (Å²) in [5, 5.41) is 13.1. The molecule has 34 heavy (non-hydrogen) atoms. The Labute approximate surface area is 197 Å². The summed E-state index contributed by atoms with van der Waals surface area (Å²) in [7, 11) is 0. The van der Waals surface area contributed by atoms with Gasteiger partial charge < -0.3 is 20.7 Å². The summed E-state index contributed by atoms with van der Waals surface area (Å²) in [4.78, 5) is 24.8. The SMILES string of the molecule is CCOc1ccc(NC(=O)c2ccc(NC(=O)CNc3ccn(-c4ccccc4)n3)cc2)cc1. The van der Waals surface area contributed by atoms with Crippen molar-refractivity contribution >= 4 is 29.0 Å². The smallest absolute Gasteiger partial charge is 0.255 e. The van der Waals surface area contributed by atoms with E-state index in [1.807, 2.05) is 43.5 Å². The number of carbonyl (C=O) groups excluding carboxylic acids is 2. The molecule has 8 nitrogen and oxygen atoms in total. The number of ether oxygens (including phenoxy) is 1. The zero-order chi connectivity index (χ0) is 23.8. The highest BCUT2D eigenvalue weighted by molar-refractivity contribution is 6.04. The van der Waals surface area contributed by atoms with Gasteiger partial charge >= 0.3 is 0 Å². The van der Waals surface area contributed by atoms with Crippen molar-refractivity contribution in [1.82, 2.24) is 9.78 Å². The standard InChI is InChI=1S/C26H25N5O3/c1-2-34-23-14-12-21(13-15-23)29-26(33)19-8-10-20(11-9-19)28-25(32)18-27-24-16-17-31(30-24)22-6-4-3-5-7-22/h3-17H,2,18H2,1H3,(H,27,30)(H,28,32)(H,29,33). The van der Waals surface area contributed by atoms with Gasteiger partial charge in [-0.25, -0.2) is 4.68 Å². The lowest BCUT2D eigenvalue weighted by molar-refractivity contribution is -0.114. The zero-order valence-electron chi connectivity index (χ0n) is 18.7. The number of amides is 2. The van der Waals surface area contributed by atoms with Crippen LogP contribution < -0.4 is 20.7 Å². The van der Waals surface area contributed by atoms with Gasteiger partial charge in [-0.3, -0.25) is 9.59 Å². The Morgan fingerprint density at radius 1 is 0.853 bits per heavy atom. The number of nitrogens with zero attached hydrogens (tertiary/aromatic N) is 2. The Balaban J connectivity index is 1.26. The van der Waals surface area contributed by atoms with Crippen molar-refractivity contribution in [2.24, 2.45) is 0 Å². The number of hydrogen-bond acceptors (Lipinski definition) is 5. The fourth-order valence-electron chi connectivity index (χ4n) is 3.23. The van der Waals surface area contributed by atoms with Gasteiger partial charge in [0.1, 0.15) is 11.6 Å². The Kier molecular flexibility index (Phi) is 7.19. The maximum Gasteiger partial charge on any atom is 0.255 e. The summed E-state index contributed by atoms with van der Waals surface area (Å²) in [6, 6.07) is 25.4. The largest absolute Gasteiger partial charge is 0.494 e. The molecule has 3 aromatic carbocycles. The monoisotopic (exact) mass is 455 g/mol. The van der Waals surface area contributed by atoms with E-state index in [2.05, 4.69) is 21.0 Å². The second-order valence-electron chi connectivity index (χ2n) is 7.37. The van der Waals surface area contributed by atoms with Crippen LogP contribution in [0.1, 0.15) is 17.3 Å². The highest BCUT2D eigenvalue weighted by Crippen LogP contribution is 2.17. The Morgan fingerprint density at radius 2 is 1.53 bits per heavy atom. The summed E-state index contributed by atoms with van der Waals surface area (Å²) in [5.74, 6) is 0.887. The highest BCUT2D eigenvalue weighted by atomic mass is 16.5. The molecule has 0 saturated heterocycles. The maximum absolute atomic E-state index is 12.5. The van der Waals surface area contributed by atoms with Crippen LogP contribution in [0.4, 0.5) is 17.2 Å². The molecule has 2 amide bonds. The van der Waals surface area contributed by atoms with Gasteiger partial charge in [-0.05, 0) is 67.6 Å². The fourth-order valence-corrected chi connectivity index (χ4v) is 3.23. The summed E-state index contributed by atoms with van der Waals surface area (Å²) in [6.07, 6.45) is 1.83. The summed E-state index contributed by atoms with van der Waals surface area (Å²) < 4.78 is 7.13. The molecule has 8 heteroatoms. The lowest BCUT2D eigenvalue weighted by atomic mass is 10.2. The molecule has 0 fully saturated rings. The number of para-hydroxylation sites is 1. The molecule has 0 unspecified atom stereocenters. The van der Waals surface area contributed by atoms with E-state index in [1.54, 1.807) is 59.3 Å². The van der Waals surface area contributed by atoms with E-state index in [0.29, 0.717) is 29.4 Å². The number of nitrogens with one attached hydrogen (secondary N) is 3. The van der Waals surface area contributed by atoms with Gasteiger partial charge in [0.2, 0.25) is 5.91 Å². The number of carbonyl (C=O) groups is 2. The van der Waals surface area contributed by atoms with E-state index in [1.165, 1.54) is 0 Å². The van der Waals surface area contributed by atoms with Crippen molar-refractivity contribution in [3.63, 3.8) is 0 Å². The number of hydrogen-bond donors (Lipinski definition) is 3. The van der Waals surface area contributed by atoms with Gasteiger partial charge in [-0.1, -0.05) is 18.2 Å². The van der Waals surface area contributed by atoms with Crippen LogP contribution in [0.15, 0.2) is 91.1 Å². The topological polar surface area (TPSA) is 97.3 Å². The minimum absolute atomic E-state index is 0.0613. The van der Waals surface area contributed by atoms with Crippen molar-refractivity contribution in [3.8, 4) is 11.4 Å². The van der Waals surface area contributed by atoms with Crippen LogP contribution in [0.5, 0.6) is 5.75 Å². The molecule has 1 aromatic heterocycles. The second-order valence-corrected chi connectivity index (χ2v) is 7.37. The van der Waals surface area contributed by atoms with Crippen LogP contribution in [-0.4, -0.2) is 34.7 Å². The number of benzene rings is 3. The fraction of sp³-hybridized carbons (Fsp3) is 0.115. The number of rotatable bonds is 9. The number of aromatic nitrogens is 2. The van der Waals surface area contributed by atoms with Crippen LogP contribution in [0.25, 0.3) is 5.69 Å². The Hall–Kier alpha value is -4.59. The number of anilines is 3. The van der Waals surface area contributed by atoms with E-state index >= 15 is 0 Å². The minimum atomic E-state index is -0.238. The molecule has 0 aliphatic heterocycles. The predicted octanol–water partition coefficient (Wildman–Crippen LogP) is 4.57. The predicted molar refractivity (Wildman–Crippen MR) is 133 cm³/mol. The van der Waals surface area contributed by atoms with Crippen molar-refractivity contribution in [2.45, 2.75) is 6.92 Å². The molecule has 0 saturated carbocycles. The quantitative estimate of drug-likeness (QED) is 0.343. The molecule has 0 bridgehead atoms. The van der Waals surface area contributed by atoms with Crippen molar-refractivity contribution in [3.05, 3.63) is 96.7 Å². The van der Waals surface area contributed by atoms with Gasteiger partial charge in [0.25, 0.3) is 5.91 Å². The van der Waals surface area contributed by atoms with E-state index < -0.39 is 0 Å². The van der Waals surface area contributed by atoms with Gasteiger partial charge in [-0.2, -0.15) is 5.10 Å². The lowest BCUT2D eigenvalue weighted by Gasteiger charge is -2.09. The van der Waals surface area contributed by atoms with E-state index in [-0.39, 0.29) is 18.4 Å². The van der Waals surface area contributed by atoms with Crippen molar-refractivity contribution < 1.29 is 14.3 Å².